The summed E-state index contributed by atoms with van der Waals surface area (Å²) < 4.78 is 0. The Morgan fingerprint density at radius 2 is 1.86 bits per heavy atom. The van der Waals surface area contributed by atoms with Crippen LogP contribution in [0.15, 0.2) is 18.2 Å². The van der Waals surface area contributed by atoms with Crippen molar-refractivity contribution in [3.63, 3.8) is 0 Å². The van der Waals surface area contributed by atoms with E-state index in [0.717, 1.165) is 19.6 Å². The first-order valence-electron chi connectivity index (χ1n) is 7.55. The van der Waals surface area contributed by atoms with E-state index in [1.54, 1.807) is 18.2 Å². The maximum atomic E-state index is 12.4. The smallest absolute Gasteiger partial charge is 0.263 e. The van der Waals surface area contributed by atoms with Gasteiger partial charge < -0.3 is 10.6 Å². The Morgan fingerprint density at radius 3 is 2.52 bits per heavy atom. The molecule has 1 aromatic rings. The minimum Gasteiger partial charge on any atom is -0.398 e. The normalized spacial score (nSPS) is 20.1. The van der Waals surface area contributed by atoms with Crippen LogP contribution in [0.5, 0.6) is 0 Å². The average Bonchev–Trinajstić information content (AvgIpc) is 3.03. The number of rotatable bonds is 4. The fourth-order valence-electron chi connectivity index (χ4n) is 3.30. The number of imide groups is 1. The predicted molar refractivity (Wildman–Crippen MR) is 81.1 cm³/mol. The monoisotopic (exact) mass is 287 g/mol. The van der Waals surface area contributed by atoms with E-state index in [1.807, 2.05) is 0 Å². The van der Waals surface area contributed by atoms with Gasteiger partial charge in [0.25, 0.3) is 11.8 Å². The molecule has 2 aliphatic heterocycles. The number of nitrogen functional groups attached to an aromatic ring is 1. The maximum Gasteiger partial charge on any atom is 0.263 e. The molecule has 5 nitrogen and oxygen atoms in total. The molecule has 2 N–H and O–H groups in total. The van der Waals surface area contributed by atoms with Crippen molar-refractivity contribution in [3.05, 3.63) is 29.3 Å². The largest absolute Gasteiger partial charge is 0.398 e. The third-order valence-electron chi connectivity index (χ3n) is 4.29. The van der Waals surface area contributed by atoms with Crippen molar-refractivity contribution >= 4 is 17.5 Å². The van der Waals surface area contributed by atoms with Crippen molar-refractivity contribution in [2.45, 2.75) is 19.8 Å². The van der Waals surface area contributed by atoms with Crippen LogP contribution in [0.3, 0.4) is 0 Å². The second-order valence-electron chi connectivity index (χ2n) is 6.10. The van der Waals surface area contributed by atoms with Crippen molar-refractivity contribution in [1.82, 2.24) is 9.80 Å². The molecule has 5 heteroatoms. The van der Waals surface area contributed by atoms with E-state index < -0.39 is 0 Å². The maximum absolute atomic E-state index is 12.4. The molecule has 0 spiro atoms. The van der Waals surface area contributed by atoms with Gasteiger partial charge in [0.05, 0.1) is 11.1 Å². The minimum absolute atomic E-state index is 0.212. The van der Waals surface area contributed by atoms with Crippen LogP contribution in [0.4, 0.5) is 5.69 Å². The Balaban J connectivity index is 1.71. The van der Waals surface area contributed by atoms with Gasteiger partial charge in [0.2, 0.25) is 0 Å². The predicted octanol–water partition coefficient (Wildman–Crippen LogP) is 1.60. The van der Waals surface area contributed by atoms with Crippen molar-refractivity contribution in [2.75, 3.05) is 31.9 Å². The number of carbonyl (C=O) groups excluding carboxylic acids is 2. The molecule has 2 amide bonds. The van der Waals surface area contributed by atoms with E-state index >= 15 is 0 Å². The van der Waals surface area contributed by atoms with Gasteiger partial charge in [0, 0.05) is 18.8 Å². The van der Waals surface area contributed by atoms with E-state index in [0.29, 0.717) is 23.4 Å². The Morgan fingerprint density at radius 1 is 1.14 bits per heavy atom. The highest BCUT2D eigenvalue weighted by atomic mass is 16.2. The Bertz CT molecular complexity index is 579. The highest BCUT2D eigenvalue weighted by Crippen LogP contribution is 2.28. The number of nitrogens with two attached hydrogens (primary N) is 1. The van der Waals surface area contributed by atoms with Gasteiger partial charge in [-0.2, -0.15) is 0 Å². The minimum atomic E-state index is -0.249. The fraction of sp³-hybridized carbons (Fsp3) is 0.500. The number of carbonyl (C=O) groups is 2. The molecule has 1 unspecified atom stereocenters. The quantitative estimate of drug-likeness (QED) is 0.674. The first kappa shape index (κ1) is 14.1. The van der Waals surface area contributed by atoms with Gasteiger partial charge in [0.15, 0.2) is 0 Å². The summed E-state index contributed by atoms with van der Waals surface area (Å²) in [5.41, 5.74) is 7.04. The summed E-state index contributed by atoms with van der Waals surface area (Å²) in [6.07, 6.45) is 2.49. The number of hydrogen-bond acceptors (Lipinski definition) is 4. The van der Waals surface area contributed by atoms with Crippen molar-refractivity contribution < 1.29 is 9.59 Å². The topological polar surface area (TPSA) is 66.6 Å². The van der Waals surface area contributed by atoms with Gasteiger partial charge in [-0.15, -0.1) is 0 Å². The molecule has 112 valence electrons. The molecule has 0 bridgehead atoms. The highest BCUT2D eigenvalue weighted by Gasteiger charge is 2.37. The molecule has 0 aliphatic carbocycles. The SMILES string of the molecule is CC(CN1CCCC1)CN1C(=O)c2cccc(N)c2C1=O. The Labute approximate surface area is 124 Å². The van der Waals surface area contributed by atoms with Crippen molar-refractivity contribution in [2.24, 2.45) is 5.92 Å². The van der Waals surface area contributed by atoms with E-state index in [4.69, 9.17) is 5.73 Å². The summed E-state index contributed by atoms with van der Waals surface area (Å²) in [5, 5.41) is 0. The lowest BCUT2D eigenvalue weighted by Gasteiger charge is -2.23. The Kier molecular flexibility index (Phi) is 3.68. The van der Waals surface area contributed by atoms with Crippen LogP contribution >= 0.6 is 0 Å². The van der Waals surface area contributed by atoms with Gasteiger partial charge in [-0.25, -0.2) is 0 Å². The fourth-order valence-corrected chi connectivity index (χ4v) is 3.30. The lowest BCUT2D eigenvalue weighted by Crippen LogP contribution is -2.37. The molecule has 2 heterocycles. The van der Waals surface area contributed by atoms with Crippen LogP contribution in [0.1, 0.15) is 40.5 Å². The molecule has 1 atom stereocenters. The second-order valence-corrected chi connectivity index (χ2v) is 6.10. The number of benzene rings is 1. The second kappa shape index (κ2) is 5.48. The summed E-state index contributed by atoms with van der Waals surface area (Å²) in [4.78, 5) is 28.5. The summed E-state index contributed by atoms with van der Waals surface area (Å²) in [6, 6.07) is 5.06. The summed E-state index contributed by atoms with van der Waals surface area (Å²) in [5.74, 6) is -0.191. The molecule has 1 aromatic carbocycles. The number of amides is 2. The lowest BCUT2D eigenvalue weighted by molar-refractivity contribution is 0.0623. The molecular formula is C16H21N3O2. The van der Waals surface area contributed by atoms with Gasteiger partial charge in [-0.05, 0) is 44.0 Å². The van der Waals surface area contributed by atoms with Crippen LogP contribution in [0.2, 0.25) is 0 Å². The average molecular weight is 287 g/mol. The summed E-state index contributed by atoms with van der Waals surface area (Å²) >= 11 is 0. The van der Waals surface area contributed by atoms with Gasteiger partial charge >= 0.3 is 0 Å². The lowest BCUT2D eigenvalue weighted by atomic mass is 10.1. The number of hydrogen-bond donors (Lipinski definition) is 1. The molecule has 3 rings (SSSR count). The first-order chi connectivity index (χ1) is 10.1. The molecule has 1 fully saturated rings. The third kappa shape index (κ3) is 2.53. The molecule has 0 saturated carbocycles. The van der Waals surface area contributed by atoms with Crippen LogP contribution in [-0.2, 0) is 0 Å². The number of likely N-dealkylation sites (tertiary alicyclic amines) is 1. The van der Waals surface area contributed by atoms with Crippen LogP contribution < -0.4 is 5.73 Å². The molecule has 0 radical (unpaired) electrons. The molecular weight excluding hydrogens is 266 g/mol. The molecule has 2 aliphatic rings. The van der Waals surface area contributed by atoms with Crippen LogP contribution in [-0.4, -0.2) is 47.8 Å². The summed E-state index contributed by atoms with van der Waals surface area (Å²) in [6.45, 7) is 5.73. The number of anilines is 1. The van der Waals surface area contributed by atoms with Gasteiger partial charge in [-0.3, -0.25) is 14.5 Å². The Hall–Kier alpha value is -1.88. The molecule has 1 saturated heterocycles. The number of fused-ring (bicyclic) bond motifs is 1. The zero-order valence-corrected chi connectivity index (χ0v) is 12.3. The van der Waals surface area contributed by atoms with Crippen LogP contribution in [0, 0.1) is 5.92 Å². The zero-order valence-electron chi connectivity index (χ0n) is 12.3. The van der Waals surface area contributed by atoms with Crippen LogP contribution in [0.25, 0.3) is 0 Å². The highest BCUT2D eigenvalue weighted by molar-refractivity contribution is 6.23. The zero-order chi connectivity index (χ0) is 15.0. The standard InChI is InChI=1S/C16H21N3O2/c1-11(9-18-7-2-3-8-18)10-19-15(20)12-5-4-6-13(17)14(12)16(19)21/h4-6,11H,2-3,7-10,17H2,1H3. The van der Waals surface area contributed by atoms with Gasteiger partial charge in [-0.1, -0.05) is 13.0 Å². The van der Waals surface area contributed by atoms with Crippen molar-refractivity contribution in [1.29, 1.82) is 0 Å². The van der Waals surface area contributed by atoms with E-state index in [2.05, 4.69) is 11.8 Å². The van der Waals surface area contributed by atoms with Crippen molar-refractivity contribution in [3.8, 4) is 0 Å². The van der Waals surface area contributed by atoms with E-state index in [9.17, 15) is 9.59 Å². The first-order valence-corrected chi connectivity index (χ1v) is 7.55. The third-order valence-corrected chi connectivity index (χ3v) is 4.29. The molecule has 21 heavy (non-hydrogen) atoms. The van der Waals surface area contributed by atoms with E-state index in [-0.39, 0.29) is 17.7 Å². The van der Waals surface area contributed by atoms with E-state index in [1.165, 1.54) is 17.7 Å². The molecule has 0 aromatic heterocycles. The number of nitrogens with zero attached hydrogens (tertiary/aromatic N) is 2. The summed E-state index contributed by atoms with van der Waals surface area (Å²) in [7, 11) is 0. The van der Waals surface area contributed by atoms with Gasteiger partial charge in [0.1, 0.15) is 0 Å².